The quantitative estimate of drug-likeness (QED) is 0.408. The highest BCUT2D eigenvalue weighted by Crippen LogP contribution is 2.46. The van der Waals surface area contributed by atoms with Gasteiger partial charge in [0.05, 0.1) is 36.3 Å². The van der Waals surface area contributed by atoms with Crippen LogP contribution in [0.1, 0.15) is 31.0 Å². The van der Waals surface area contributed by atoms with Crippen LogP contribution in [0.3, 0.4) is 0 Å². The van der Waals surface area contributed by atoms with Gasteiger partial charge in [0.1, 0.15) is 17.1 Å². The Morgan fingerprint density at radius 2 is 2.00 bits per heavy atom. The summed E-state index contributed by atoms with van der Waals surface area (Å²) in [5, 5.41) is 11.8. The highest BCUT2D eigenvalue weighted by molar-refractivity contribution is 5.90. The first-order chi connectivity index (χ1) is 17.0. The van der Waals surface area contributed by atoms with Gasteiger partial charge in [-0.15, -0.1) is 10.2 Å². The van der Waals surface area contributed by atoms with Crippen LogP contribution in [0.5, 0.6) is 5.88 Å². The summed E-state index contributed by atoms with van der Waals surface area (Å²) in [4.78, 5) is 5.48. The summed E-state index contributed by atoms with van der Waals surface area (Å²) in [5.74, 6) is -6.11. The molecule has 0 amide bonds. The molecule has 0 spiro atoms. The lowest BCUT2D eigenvalue weighted by Crippen LogP contribution is -2.46. The van der Waals surface area contributed by atoms with E-state index in [1.54, 1.807) is 7.05 Å². The molecule has 5 rings (SSSR count). The van der Waals surface area contributed by atoms with E-state index >= 15 is 13.2 Å². The lowest BCUT2D eigenvalue weighted by Gasteiger charge is -2.36. The first-order valence-corrected chi connectivity index (χ1v) is 11.1. The molecule has 1 saturated heterocycles. The van der Waals surface area contributed by atoms with Crippen LogP contribution in [-0.4, -0.2) is 74.1 Å². The number of alkyl halides is 4. The van der Waals surface area contributed by atoms with Gasteiger partial charge in [0.25, 0.3) is 12.3 Å². The molecule has 1 fully saturated rings. The minimum absolute atomic E-state index is 0.00536. The minimum Gasteiger partial charge on any atom is -0.479 e. The van der Waals surface area contributed by atoms with Crippen LogP contribution in [0.4, 0.5) is 27.9 Å². The van der Waals surface area contributed by atoms with E-state index in [9.17, 15) is 8.78 Å². The van der Waals surface area contributed by atoms with Crippen molar-refractivity contribution < 1.29 is 26.7 Å². The molecule has 36 heavy (non-hydrogen) atoms. The van der Waals surface area contributed by atoms with Crippen molar-refractivity contribution in [3.8, 4) is 17.0 Å². The summed E-state index contributed by atoms with van der Waals surface area (Å²) in [6.07, 6.45) is -2.75. The van der Waals surface area contributed by atoms with Gasteiger partial charge in [-0.05, 0) is 44.6 Å². The first-order valence-electron chi connectivity index (χ1n) is 11.1. The van der Waals surface area contributed by atoms with Gasteiger partial charge in [0.2, 0.25) is 11.8 Å². The maximum atomic E-state index is 16.3. The summed E-state index contributed by atoms with van der Waals surface area (Å²) >= 11 is 0. The predicted molar refractivity (Wildman–Crippen MR) is 121 cm³/mol. The third kappa shape index (κ3) is 3.70. The van der Waals surface area contributed by atoms with Gasteiger partial charge in [0, 0.05) is 0 Å². The molecule has 192 valence electrons. The van der Waals surface area contributed by atoms with Crippen molar-refractivity contribution in [2.24, 2.45) is 0 Å². The zero-order chi connectivity index (χ0) is 25.9. The number of anilines is 1. The molecule has 4 aromatic rings. The molecule has 0 bridgehead atoms. The van der Waals surface area contributed by atoms with Gasteiger partial charge < -0.3 is 15.4 Å². The molecule has 1 aliphatic rings. The molecular weight excluding hydrogens is 487 g/mol. The zero-order valence-corrected chi connectivity index (χ0v) is 19.6. The fraction of sp³-hybridized carbons (Fsp3) is 0.455. The second kappa shape index (κ2) is 8.54. The smallest absolute Gasteiger partial charge is 0.268 e. The average molecular weight is 510 g/mol. The topological polar surface area (TPSA) is 99.4 Å². The van der Waals surface area contributed by atoms with E-state index in [4.69, 9.17) is 10.5 Å². The number of aromatic nitrogens is 6. The van der Waals surface area contributed by atoms with Gasteiger partial charge in [-0.3, -0.25) is 0 Å². The number of halogens is 5. The van der Waals surface area contributed by atoms with Crippen molar-refractivity contribution in [1.82, 2.24) is 34.5 Å². The lowest BCUT2D eigenvalue weighted by molar-refractivity contribution is -0.0788. The number of benzene rings is 1. The monoisotopic (exact) mass is 510 g/mol. The van der Waals surface area contributed by atoms with Crippen molar-refractivity contribution >= 4 is 22.5 Å². The van der Waals surface area contributed by atoms with Gasteiger partial charge in [-0.2, -0.15) is 4.98 Å². The van der Waals surface area contributed by atoms with Crippen molar-refractivity contribution in [3.05, 3.63) is 29.7 Å². The molecule has 0 radical (unpaired) electrons. The number of rotatable bonds is 5. The van der Waals surface area contributed by atoms with Crippen molar-refractivity contribution in [3.63, 3.8) is 0 Å². The van der Waals surface area contributed by atoms with Crippen LogP contribution in [0.15, 0.2) is 18.2 Å². The van der Waals surface area contributed by atoms with Gasteiger partial charge in [-0.25, -0.2) is 31.1 Å². The molecule has 0 unspecified atom stereocenters. The van der Waals surface area contributed by atoms with Crippen LogP contribution in [0, 0.1) is 5.82 Å². The fourth-order valence-corrected chi connectivity index (χ4v) is 4.79. The third-order valence-electron chi connectivity index (χ3n) is 6.57. The maximum Gasteiger partial charge on any atom is 0.268 e. The number of hydrogen-bond donors (Lipinski definition) is 1. The third-order valence-corrected chi connectivity index (χ3v) is 6.57. The van der Waals surface area contributed by atoms with E-state index in [0.29, 0.717) is 12.1 Å². The normalized spacial score (nSPS) is 19.4. The van der Waals surface area contributed by atoms with Gasteiger partial charge >= 0.3 is 0 Å². The summed E-state index contributed by atoms with van der Waals surface area (Å²) in [5.41, 5.74) is 6.06. The van der Waals surface area contributed by atoms with E-state index < -0.39 is 36.7 Å². The van der Waals surface area contributed by atoms with E-state index in [1.807, 2.05) is 0 Å². The molecule has 3 aromatic heterocycles. The summed E-state index contributed by atoms with van der Waals surface area (Å²) < 4.78 is 80.8. The Bertz CT molecular complexity index is 1450. The van der Waals surface area contributed by atoms with Crippen LogP contribution in [0.2, 0.25) is 0 Å². The number of piperidine rings is 1. The summed E-state index contributed by atoms with van der Waals surface area (Å²) in [6, 6.07) is 3.12. The second-order valence-corrected chi connectivity index (χ2v) is 8.97. The summed E-state index contributed by atoms with van der Waals surface area (Å²) in [7, 11) is 2.85. The molecule has 14 heteroatoms. The molecular formula is C22H23F5N8O. The lowest BCUT2D eigenvalue weighted by atomic mass is 9.89. The first kappa shape index (κ1) is 24.2. The highest BCUT2D eigenvalue weighted by atomic mass is 19.3. The van der Waals surface area contributed by atoms with Crippen LogP contribution < -0.4 is 10.5 Å². The number of methoxy groups -OCH3 is 1. The summed E-state index contributed by atoms with van der Waals surface area (Å²) in [6.45, 7) is 1.04. The van der Waals surface area contributed by atoms with E-state index in [2.05, 4.69) is 20.4 Å². The predicted octanol–water partition coefficient (Wildman–Crippen LogP) is 3.75. The SMILES string of the molecule is COc1nc(N)nn2c([C@H]3CCN(C)CC3(F)F)c(F)c(-c3ccc4nnn([C@H](C)C(F)F)c4c3)c12. The number of nitrogen functional groups attached to an aromatic ring is 1. The van der Waals surface area contributed by atoms with Gasteiger partial charge in [-0.1, -0.05) is 11.3 Å². The minimum atomic E-state index is -3.26. The van der Waals surface area contributed by atoms with Crippen molar-refractivity contribution in [1.29, 1.82) is 0 Å². The number of likely N-dealkylation sites (tertiary alicyclic amines) is 1. The Morgan fingerprint density at radius 1 is 1.25 bits per heavy atom. The van der Waals surface area contributed by atoms with E-state index in [1.165, 1.54) is 37.1 Å². The van der Waals surface area contributed by atoms with Crippen molar-refractivity contribution in [2.45, 2.75) is 37.7 Å². The average Bonchev–Trinajstić information content (AvgIpc) is 3.35. The molecule has 0 aliphatic carbocycles. The number of ether oxygens (including phenoxy) is 1. The highest BCUT2D eigenvalue weighted by Gasteiger charge is 2.48. The number of nitrogens with zero attached hydrogens (tertiary/aromatic N) is 7. The fourth-order valence-electron chi connectivity index (χ4n) is 4.79. The molecule has 2 atom stereocenters. The molecule has 0 saturated carbocycles. The Labute approximate surface area is 201 Å². The van der Waals surface area contributed by atoms with E-state index in [-0.39, 0.29) is 46.1 Å². The Hall–Kier alpha value is -3.55. The Balaban J connectivity index is 1.80. The molecule has 2 N–H and O–H groups in total. The number of hydrogen-bond acceptors (Lipinski definition) is 7. The van der Waals surface area contributed by atoms with Gasteiger partial charge in [0.15, 0.2) is 5.82 Å². The molecule has 4 heterocycles. The van der Waals surface area contributed by atoms with E-state index in [0.717, 1.165) is 9.20 Å². The number of fused-ring (bicyclic) bond motifs is 2. The Kier molecular flexibility index (Phi) is 5.73. The number of nitrogens with two attached hydrogens (primary N) is 1. The van der Waals surface area contributed by atoms with Crippen LogP contribution >= 0.6 is 0 Å². The molecule has 1 aromatic carbocycles. The molecule has 1 aliphatic heterocycles. The standard InChI is InChI=1S/C22H23F5N8O/c1-10(19(24)25)34-14-8-11(4-5-13(14)30-32-34)15-16(23)17(12-6-7-33(2)9-22(12,26)27)35-18(15)20(36-3)29-21(28)31-35/h4-5,8,10,12,19H,6-7,9H2,1-3H3,(H2,28,31)/t10-,12-/m1/s1. The molecule has 9 nitrogen and oxygen atoms in total. The second-order valence-electron chi connectivity index (χ2n) is 8.97. The Morgan fingerprint density at radius 3 is 2.67 bits per heavy atom. The van der Waals surface area contributed by atoms with Crippen molar-refractivity contribution in [2.75, 3.05) is 33.0 Å². The zero-order valence-electron chi connectivity index (χ0n) is 19.6. The van der Waals surface area contributed by atoms with Crippen LogP contribution in [-0.2, 0) is 0 Å². The van der Waals surface area contributed by atoms with Crippen LogP contribution in [0.25, 0.3) is 27.7 Å². The maximum absolute atomic E-state index is 16.3. The largest absolute Gasteiger partial charge is 0.479 e.